The number of benzene rings is 2. The number of hydrogen-bond donors (Lipinski definition) is 1. The van der Waals surface area contributed by atoms with Gasteiger partial charge in [0.1, 0.15) is 5.69 Å². The second kappa shape index (κ2) is 5.74. The van der Waals surface area contributed by atoms with E-state index in [1.54, 1.807) is 0 Å². The van der Waals surface area contributed by atoms with Crippen LogP contribution in [0.25, 0.3) is 22.4 Å². The van der Waals surface area contributed by atoms with E-state index in [4.69, 9.17) is 10.3 Å². The van der Waals surface area contributed by atoms with Gasteiger partial charge in [-0.15, -0.1) is 0 Å². The van der Waals surface area contributed by atoms with Crippen molar-refractivity contribution >= 4 is 21.8 Å². The molecular weight excluding hydrogens is 328 g/mol. The second-order valence-electron chi connectivity index (χ2n) is 4.76. The molecule has 2 N–H and O–H groups in total. The van der Waals surface area contributed by atoms with Crippen molar-refractivity contribution < 1.29 is 4.52 Å². The molecule has 21 heavy (non-hydrogen) atoms. The molecule has 3 aromatic rings. The summed E-state index contributed by atoms with van der Waals surface area (Å²) < 4.78 is 6.23. The number of halogens is 1. The van der Waals surface area contributed by atoms with Crippen molar-refractivity contribution in [2.24, 2.45) is 0 Å². The Balaban J connectivity index is 2.25. The number of nitrogen functional groups attached to an aromatic ring is 1. The van der Waals surface area contributed by atoms with Crippen molar-refractivity contribution in [3.8, 4) is 22.4 Å². The summed E-state index contributed by atoms with van der Waals surface area (Å²) in [6.45, 7) is 2.13. The van der Waals surface area contributed by atoms with E-state index in [1.807, 2.05) is 36.4 Å². The van der Waals surface area contributed by atoms with Crippen molar-refractivity contribution in [3.05, 3.63) is 58.6 Å². The van der Waals surface area contributed by atoms with Crippen molar-refractivity contribution in [2.75, 3.05) is 5.73 Å². The van der Waals surface area contributed by atoms with Crippen molar-refractivity contribution in [2.45, 2.75) is 13.3 Å². The first kappa shape index (κ1) is 13.9. The van der Waals surface area contributed by atoms with Gasteiger partial charge < -0.3 is 10.3 Å². The summed E-state index contributed by atoms with van der Waals surface area (Å²) in [6.07, 6.45) is 0.929. The quantitative estimate of drug-likeness (QED) is 0.735. The number of nitrogens with zero attached hydrogens (tertiary/aromatic N) is 1. The molecule has 3 rings (SSSR count). The first-order valence-electron chi connectivity index (χ1n) is 6.80. The molecule has 0 fully saturated rings. The maximum Gasteiger partial charge on any atom is 0.230 e. The summed E-state index contributed by atoms with van der Waals surface area (Å²) in [5, 5.41) is 4.19. The first-order valence-corrected chi connectivity index (χ1v) is 7.60. The third-order valence-electron chi connectivity index (χ3n) is 3.52. The third-order valence-corrected chi connectivity index (χ3v) is 4.21. The highest BCUT2D eigenvalue weighted by Gasteiger charge is 2.20. The number of nitrogens with two attached hydrogens (primary N) is 1. The van der Waals surface area contributed by atoms with Gasteiger partial charge >= 0.3 is 0 Å². The summed E-state index contributed by atoms with van der Waals surface area (Å²) in [6, 6.07) is 16.1. The largest absolute Gasteiger partial charge is 0.367 e. The predicted octanol–water partition coefficient (Wildman–Crippen LogP) is 4.92. The summed E-state index contributed by atoms with van der Waals surface area (Å²) >= 11 is 3.57. The summed E-state index contributed by atoms with van der Waals surface area (Å²) in [4.78, 5) is 0. The molecule has 0 aliphatic heterocycles. The van der Waals surface area contributed by atoms with Crippen LogP contribution in [0.3, 0.4) is 0 Å². The Labute approximate surface area is 131 Å². The molecule has 106 valence electrons. The Bertz CT molecular complexity index is 780. The van der Waals surface area contributed by atoms with E-state index in [0.717, 1.165) is 33.3 Å². The van der Waals surface area contributed by atoms with Gasteiger partial charge in [0.2, 0.25) is 5.88 Å². The van der Waals surface area contributed by atoms with Crippen LogP contribution in [0, 0.1) is 0 Å². The highest BCUT2D eigenvalue weighted by Crippen LogP contribution is 2.40. The lowest BCUT2D eigenvalue weighted by Crippen LogP contribution is -1.92. The molecule has 0 amide bonds. The van der Waals surface area contributed by atoms with Gasteiger partial charge in [-0.25, -0.2) is 0 Å². The van der Waals surface area contributed by atoms with E-state index in [1.165, 1.54) is 5.56 Å². The van der Waals surface area contributed by atoms with Crippen LogP contribution in [0.15, 0.2) is 57.5 Å². The zero-order valence-electron chi connectivity index (χ0n) is 11.6. The predicted molar refractivity (Wildman–Crippen MR) is 88.9 cm³/mol. The molecule has 0 saturated heterocycles. The minimum atomic E-state index is 0.336. The Morgan fingerprint density at radius 1 is 1.05 bits per heavy atom. The molecule has 0 aliphatic carbocycles. The molecular formula is C17H15BrN2O. The SMILES string of the molecule is CCc1ccccc1-c1noc(N)c1-c1ccccc1Br. The Morgan fingerprint density at radius 2 is 1.71 bits per heavy atom. The Kier molecular flexibility index (Phi) is 3.80. The van der Waals surface area contributed by atoms with Crippen LogP contribution >= 0.6 is 15.9 Å². The van der Waals surface area contributed by atoms with Crippen LogP contribution in [0.1, 0.15) is 12.5 Å². The highest BCUT2D eigenvalue weighted by molar-refractivity contribution is 9.10. The molecule has 1 heterocycles. The third kappa shape index (κ3) is 2.47. The van der Waals surface area contributed by atoms with Crippen LogP contribution in [0.5, 0.6) is 0 Å². The van der Waals surface area contributed by atoms with Gasteiger partial charge in [0.15, 0.2) is 0 Å². The number of aryl methyl sites for hydroxylation is 1. The standard InChI is InChI=1S/C17H15BrN2O/c1-2-11-7-3-4-8-12(11)16-15(17(19)21-20-16)13-9-5-6-10-14(13)18/h3-10H,2,19H2,1H3. The van der Waals surface area contributed by atoms with Crippen LogP contribution in [-0.4, -0.2) is 5.16 Å². The lowest BCUT2D eigenvalue weighted by Gasteiger charge is -2.08. The van der Waals surface area contributed by atoms with E-state index in [2.05, 4.69) is 40.1 Å². The zero-order chi connectivity index (χ0) is 14.8. The highest BCUT2D eigenvalue weighted by atomic mass is 79.9. The molecule has 2 aromatic carbocycles. The van der Waals surface area contributed by atoms with E-state index in [9.17, 15) is 0 Å². The normalized spacial score (nSPS) is 10.8. The van der Waals surface area contributed by atoms with E-state index >= 15 is 0 Å². The summed E-state index contributed by atoms with van der Waals surface area (Å²) in [7, 11) is 0. The van der Waals surface area contributed by atoms with Crippen LogP contribution in [0.4, 0.5) is 5.88 Å². The van der Waals surface area contributed by atoms with E-state index in [-0.39, 0.29) is 0 Å². The molecule has 0 aliphatic rings. The maximum absolute atomic E-state index is 6.02. The molecule has 0 radical (unpaired) electrons. The maximum atomic E-state index is 6.02. The first-order chi connectivity index (χ1) is 10.2. The molecule has 0 bridgehead atoms. The molecule has 0 saturated carbocycles. The topological polar surface area (TPSA) is 52.0 Å². The van der Waals surface area contributed by atoms with Crippen molar-refractivity contribution in [1.82, 2.24) is 5.16 Å². The van der Waals surface area contributed by atoms with E-state index in [0.29, 0.717) is 5.88 Å². The van der Waals surface area contributed by atoms with Gasteiger partial charge in [0.05, 0.1) is 5.56 Å². The molecule has 4 heteroatoms. The van der Waals surface area contributed by atoms with Gasteiger partial charge in [-0.2, -0.15) is 0 Å². The van der Waals surface area contributed by atoms with Crippen LogP contribution in [0.2, 0.25) is 0 Å². The monoisotopic (exact) mass is 342 g/mol. The van der Waals surface area contributed by atoms with Crippen LogP contribution in [-0.2, 0) is 6.42 Å². The minimum Gasteiger partial charge on any atom is -0.367 e. The Hall–Kier alpha value is -2.07. The fourth-order valence-electron chi connectivity index (χ4n) is 2.47. The lowest BCUT2D eigenvalue weighted by molar-refractivity contribution is 0.439. The van der Waals surface area contributed by atoms with Gasteiger partial charge in [-0.3, -0.25) is 0 Å². The second-order valence-corrected chi connectivity index (χ2v) is 5.62. The smallest absolute Gasteiger partial charge is 0.230 e. The van der Waals surface area contributed by atoms with Gasteiger partial charge in [0, 0.05) is 15.6 Å². The minimum absolute atomic E-state index is 0.336. The fraction of sp³-hybridized carbons (Fsp3) is 0.118. The van der Waals surface area contributed by atoms with Gasteiger partial charge in [-0.05, 0) is 18.1 Å². The van der Waals surface area contributed by atoms with Gasteiger partial charge in [0.25, 0.3) is 0 Å². The van der Waals surface area contributed by atoms with Crippen molar-refractivity contribution in [3.63, 3.8) is 0 Å². The zero-order valence-corrected chi connectivity index (χ0v) is 13.2. The lowest BCUT2D eigenvalue weighted by atomic mass is 9.96. The number of rotatable bonds is 3. The summed E-state index contributed by atoms with van der Waals surface area (Å²) in [5.41, 5.74) is 10.9. The number of aromatic nitrogens is 1. The van der Waals surface area contributed by atoms with Crippen LogP contribution < -0.4 is 5.73 Å². The molecule has 0 spiro atoms. The molecule has 1 aromatic heterocycles. The van der Waals surface area contributed by atoms with Crippen molar-refractivity contribution in [1.29, 1.82) is 0 Å². The van der Waals surface area contributed by atoms with E-state index < -0.39 is 0 Å². The molecule has 0 atom stereocenters. The Morgan fingerprint density at radius 3 is 2.43 bits per heavy atom. The molecule has 0 unspecified atom stereocenters. The number of anilines is 1. The summed E-state index contributed by atoms with van der Waals surface area (Å²) in [5.74, 6) is 0.336. The fourth-order valence-corrected chi connectivity index (χ4v) is 2.95. The molecule has 3 nitrogen and oxygen atoms in total. The number of hydrogen-bond acceptors (Lipinski definition) is 3. The average molecular weight is 343 g/mol. The van der Waals surface area contributed by atoms with Gasteiger partial charge in [-0.1, -0.05) is 70.5 Å². The average Bonchev–Trinajstić information content (AvgIpc) is 2.89.